The van der Waals surface area contributed by atoms with Crippen LogP contribution in [0.3, 0.4) is 0 Å². The molecule has 0 fully saturated rings. The summed E-state index contributed by atoms with van der Waals surface area (Å²) in [4.78, 5) is 25.1. The summed E-state index contributed by atoms with van der Waals surface area (Å²) in [5.41, 5.74) is -1.56. The van der Waals surface area contributed by atoms with E-state index in [1.807, 2.05) is 0 Å². The topological polar surface area (TPSA) is 69.0 Å². The van der Waals surface area contributed by atoms with E-state index in [0.29, 0.717) is 4.90 Å². The summed E-state index contributed by atoms with van der Waals surface area (Å²) in [6.07, 6.45) is -0.435. The third kappa shape index (κ3) is 5.48. The van der Waals surface area contributed by atoms with Crippen molar-refractivity contribution < 1.29 is 23.5 Å². The zero-order valence-electron chi connectivity index (χ0n) is 13.6. The highest BCUT2D eigenvalue weighted by Gasteiger charge is 2.35. The molecule has 22 heavy (non-hydrogen) atoms. The molecular weight excluding hydrogens is 306 g/mol. The molecule has 1 heterocycles. The van der Waals surface area contributed by atoms with Crippen LogP contribution in [-0.4, -0.2) is 33.3 Å². The van der Waals surface area contributed by atoms with Gasteiger partial charge in [0, 0.05) is 0 Å². The van der Waals surface area contributed by atoms with Crippen molar-refractivity contribution in [1.82, 2.24) is 4.90 Å². The van der Waals surface area contributed by atoms with Crippen molar-refractivity contribution >= 4 is 29.4 Å². The average molecular weight is 327 g/mol. The van der Waals surface area contributed by atoms with Gasteiger partial charge < -0.3 is 13.9 Å². The number of imide groups is 1. The first-order valence-corrected chi connectivity index (χ1v) is 7.15. The molecule has 6 nitrogen and oxygen atoms in total. The number of carbonyl (C=O) groups excluding carboxylic acids is 2. The smallest absolute Gasteiger partial charge is 0.425 e. The standard InChI is InChI=1S/C15H21NO5S/c1-14(2,3)20-12(17)16(13(18)21-15(4,5)6)11(22)10-8-7-9-19-10/h7-9H,1-6H3. The fourth-order valence-corrected chi connectivity index (χ4v) is 1.63. The van der Waals surface area contributed by atoms with Gasteiger partial charge >= 0.3 is 12.2 Å². The maximum atomic E-state index is 12.3. The van der Waals surface area contributed by atoms with Crippen molar-refractivity contribution in [2.75, 3.05) is 0 Å². The van der Waals surface area contributed by atoms with Crippen LogP contribution in [-0.2, 0) is 9.47 Å². The minimum absolute atomic E-state index is 0.117. The number of ether oxygens (including phenoxy) is 2. The van der Waals surface area contributed by atoms with Gasteiger partial charge in [-0.05, 0) is 53.7 Å². The van der Waals surface area contributed by atoms with Crippen LogP contribution in [0, 0.1) is 0 Å². The minimum atomic E-state index is -0.914. The molecule has 1 rings (SSSR count). The quantitative estimate of drug-likeness (QED) is 0.722. The molecule has 122 valence electrons. The van der Waals surface area contributed by atoms with Gasteiger partial charge in [0.05, 0.1) is 6.26 Å². The Morgan fingerprint density at radius 3 is 1.82 bits per heavy atom. The van der Waals surface area contributed by atoms with E-state index in [1.54, 1.807) is 53.7 Å². The predicted molar refractivity (Wildman–Crippen MR) is 84.7 cm³/mol. The van der Waals surface area contributed by atoms with E-state index >= 15 is 0 Å². The number of thiocarbonyl (C=S) groups is 1. The number of rotatable bonds is 1. The van der Waals surface area contributed by atoms with Crippen LogP contribution >= 0.6 is 12.2 Å². The Hall–Kier alpha value is -1.89. The van der Waals surface area contributed by atoms with Gasteiger partial charge in [-0.15, -0.1) is 0 Å². The highest BCUT2D eigenvalue weighted by molar-refractivity contribution is 7.80. The fourth-order valence-electron chi connectivity index (χ4n) is 1.37. The first-order chi connectivity index (χ1) is 9.91. The van der Waals surface area contributed by atoms with Gasteiger partial charge in [-0.2, -0.15) is 4.90 Å². The van der Waals surface area contributed by atoms with Crippen LogP contribution in [0.5, 0.6) is 0 Å². The Morgan fingerprint density at radius 2 is 1.50 bits per heavy atom. The summed E-state index contributed by atoms with van der Waals surface area (Å²) in [6.45, 7) is 10.1. The van der Waals surface area contributed by atoms with E-state index in [2.05, 4.69) is 0 Å². The molecule has 0 aliphatic heterocycles. The Bertz CT molecular complexity index is 523. The predicted octanol–water partition coefficient (Wildman–Crippen LogP) is 4.13. The molecule has 0 radical (unpaired) electrons. The van der Waals surface area contributed by atoms with E-state index in [0.717, 1.165) is 0 Å². The van der Waals surface area contributed by atoms with E-state index in [1.165, 1.54) is 6.26 Å². The van der Waals surface area contributed by atoms with Gasteiger partial charge in [-0.1, -0.05) is 12.2 Å². The Morgan fingerprint density at radius 1 is 1.05 bits per heavy atom. The van der Waals surface area contributed by atoms with Crippen LogP contribution in [0.1, 0.15) is 47.3 Å². The summed E-state index contributed by atoms with van der Waals surface area (Å²) in [5, 5.41) is 0. The van der Waals surface area contributed by atoms with Crippen molar-refractivity contribution in [2.24, 2.45) is 0 Å². The Kier molecular flexibility index (Phi) is 5.35. The first kappa shape index (κ1) is 18.2. The molecule has 0 N–H and O–H groups in total. The van der Waals surface area contributed by atoms with E-state index in [-0.39, 0.29) is 10.7 Å². The lowest BCUT2D eigenvalue weighted by atomic mass is 10.2. The number of amides is 2. The van der Waals surface area contributed by atoms with E-state index in [4.69, 9.17) is 26.1 Å². The third-order valence-electron chi connectivity index (χ3n) is 2.09. The molecule has 0 unspecified atom stereocenters. The second kappa shape index (κ2) is 6.48. The van der Waals surface area contributed by atoms with Gasteiger partial charge in [0.25, 0.3) is 0 Å². The summed E-state index contributed by atoms with van der Waals surface area (Å²) in [5.74, 6) is 0.201. The molecule has 1 aromatic heterocycles. The normalized spacial score (nSPS) is 11.7. The van der Waals surface area contributed by atoms with Crippen LogP contribution in [0.4, 0.5) is 9.59 Å². The molecule has 0 saturated carbocycles. The fraction of sp³-hybridized carbons (Fsp3) is 0.533. The second-order valence-corrected chi connectivity index (χ2v) is 6.97. The van der Waals surface area contributed by atoms with E-state index < -0.39 is 23.4 Å². The molecule has 0 saturated heterocycles. The maximum Gasteiger partial charge on any atom is 0.425 e. The highest BCUT2D eigenvalue weighted by Crippen LogP contribution is 2.18. The lowest BCUT2D eigenvalue weighted by molar-refractivity contribution is 0.0150. The Labute approximate surface area is 135 Å². The van der Waals surface area contributed by atoms with Crippen molar-refractivity contribution in [3.8, 4) is 0 Å². The number of furan rings is 1. The lowest BCUT2D eigenvalue weighted by Crippen LogP contribution is -2.46. The zero-order valence-corrected chi connectivity index (χ0v) is 14.4. The SMILES string of the molecule is CC(C)(C)OC(=O)N(C(=O)OC(C)(C)C)C(=S)c1ccco1. The molecule has 0 aromatic carbocycles. The van der Waals surface area contributed by atoms with Crippen LogP contribution in [0.25, 0.3) is 0 Å². The molecule has 0 aliphatic carbocycles. The number of carbonyl (C=O) groups is 2. The molecule has 7 heteroatoms. The van der Waals surface area contributed by atoms with Crippen molar-refractivity contribution in [3.05, 3.63) is 24.2 Å². The highest BCUT2D eigenvalue weighted by atomic mass is 32.1. The average Bonchev–Trinajstić information content (AvgIpc) is 2.76. The minimum Gasteiger partial charge on any atom is -0.462 e. The number of hydrogen-bond acceptors (Lipinski definition) is 6. The van der Waals surface area contributed by atoms with Crippen molar-refractivity contribution in [3.63, 3.8) is 0 Å². The summed E-state index contributed by atoms with van der Waals surface area (Å²) in [7, 11) is 0. The van der Waals surface area contributed by atoms with Gasteiger partial charge in [-0.25, -0.2) is 9.59 Å². The van der Waals surface area contributed by atoms with Crippen LogP contribution in [0.15, 0.2) is 22.8 Å². The lowest BCUT2D eigenvalue weighted by Gasteiger charge is -2.28. The molecule has 0 atom stereocenters. The summed E-state index contributed by atoms with van der Waals surface area (Å²) < 4.78 is 15.6. The van der Waals surface area contributed by atoms with Crippen LogP contribution in [0.2, 0.25) is 0 Å². The van der Waals surface area contributed by atoms with Crippen molar-refractivity contribution in [2.45, 2.75) is 52.7 Å². The monoisotopic (exact) mass is 327 g/mol. The number of hydrogen-bond donors (Lipinski definition) is 0. The van der Waals surface area contributed by atoms with E-state index in [9.17, 15) is 9.59 Å². The van der Waals surface area contributed by atoms with Gasteiger partial charge in [0.2, 0.25) is 0 Å². The molecule has 0 spiro atoms. The molecule has 0 aliphatic rings. The largest absolute Gasteiger partial charge is 0.462 e. The molecule has 0 bridgehead atoms. The summed E-state index contributed by atoms with van der Waals surface area (Å²) >= 11 is 5.16. The second-order valence-electron chi connectivity index (χ2n) is 6.58. The van der Waals surface area contributed by atoms with Crippen LogP contribution < -0.4 is 0 Å². The third-order valence-corrected chi connectivity index (χ3v) is 2.47. The summed E-state index contributed by atoms with van der Waals surface area (Å²) in [6, 6.07) is 3.15. The zero-order chi connectivity index (χ0) is 17.1. The molecular formula is C15H21NO5S. The van der Waals surface area contributed by atoms with Crippen molar-refractivity contribution in [1.29, 1.82) is 0 Å². The Balaban J connectivity index is 3.07. The first-order valence-electron chi connectivity index (χ1n) is 6.74. The van der Waals surface area contributed by atoms with Gasteiger partial charge in [-0.3, -0.25) is 0 Å². The molecule has 2 amide bonds. The maximum absolute atomic E-state index is 12.3. The van der Waals surface area contributed by atoms with Gasteiger partial charge in [0.1, 0.15) is 11.2 Å². The molecule has 1 aromatic rings. The van der Waals surface area contributed by atoms with Gasteiger partial charge in [0.15, 0.2) is 10.7 Å². The number of nitrogens with zero attached hydrogens (tertiary/aromatic N) is 1.